The Kier molecular flexibility index (Phi) is 6.23. The number of carbonyl (C=O) groups is 2. The second-order valence-corrected chi connectivity index (χ2v) is 9.24. The van der Waals surface area contributed by atoms with Crippen LogP contribution in [0.2, 0.25) is 0 Å². The first-order valence-corrected chi connectivity index (χ1v) is 11.4. The van der Waals surface area contributed by atoms with Crippen molar-refractivity contribution in [1.29, 1.82) is 0 Å². The summed E-state index contributed by atoms with van der Waals surface area (Å²) in [7, 11) is 0. The Morgan fingerprint density at radius 2 is 1.76 bits per heavy atom. The maximum atomic E-state index is 12.8. The van der Waals surface area contributed by atoms with E-state index >= 15 is 0 Å². The molecule has 2 heterocycles. The van der Waals surface area contributed by atoms with Crippen molar-refractivity contribution in [3.05, 3.63) is 34.9 Å². The average molecular weight is 398 g/mol. The maximum absolute atomic E-state index is 12.8. The van der Waals surface area contributed by atoms with Gasteiger partial charge in [0, 0.05) is 38.1 Å². The summed E-state index contributed by atoms with van der Waals surface area (Å²) in [6.45, 7) is 8.58. The summed E-state index contributed by atoms with van der Waals surface area (Å²) >= 11 is 0. The number of nitrogens with one attached hydrogen (secondary N) is 1. The predicted octanol–water partition coefficient (Wildman–Crippen LogP) is 3.03. The van der Waals surface area contributed by atoms with Gasteiger partial charge in [-0.3, -0.25) is 14.5 Å². The summed E-state index contributed by atoms with van der Waals surface area (Å²) in [6.07, 6.45) is 6.34. The van der Waals surface area contributed by atoms with Gasteiger partial charge in [0.25, 0.3) is 0 Å². The molecule has 1 aromatic rings. The van der Waals surface area contributed by atoms with Gasteiger partial charge in [0.2, 0.25) is 11.8 Å². The fraction of sp³-hybridized carbons (Fsp3) is 0.667. The van der Waals surface area contributed by atoms with Crippen LogP contribution < -0.4 is 5.32 Å². The Morgan fingerprint density at radius 3 is 2.48 bits per heavy atom. The number of nitrogens with zero attached hydrogens (tertiary/aromatic N) is 2. The van der Waals surface area contributed by atoms with Gasteiger partial charge in [-0.05, 0) is 75.6 Å². The average Bonchev–Trinajstić information content (AvgIpc) is 3.60. The largest absolute Gasteiger partial charge is 0.352 e. The minimum atomic E-state index is 0.0833. The molecule has 0 aromatic heterocycles. The number of hydrogen-bond donors (Lipinski definition) is 1. The molecular formula is C24H35N3O2. The molecule has 1 aromatic carbocycles. The Labute approximate surface area is 174 Å². The zero-order chi connectivity index (χ0) is 20.4. The summed E-state index contributed by atoms with van der Waals surface area (Å²) in [4.78, 5) is 29.7. The van der Waals surface area contributed by atoms with Crippen molar-refractivity contribution in [3.8, 4) is 0 Å². The van der Waals surface area contributed by atoms with Crippen molar-refractivity contribution >= 4 is 11.8 Å². The molecule has 1 atom stereocenters. The van der Waals surface area contributed by atoms with E-state index in [-0.39, 0.29) is 11.8 Å². The van der Waals surface area contributed by atoms with Crippen molar-refractivity contribution in [1.82, 2.24) is 15.1 Å². The van der Waals surface area contributed by atoms with E-state index in [0.29, 0.717) is 24.4 Å². The Balaban J connectivity index is 1.26. The third kappa shape index (κ3) is 4.82. The molecule has 5 heteroatoms. The van der Waals surface area contributed by atoms with Gasteiger partial charge < -0.3 is 10.2 Å². The van der Waals surface area contributed by atoms with Crippen molar-refractivity contribution in [2.24, 2.45) is 11.8 Å². The zero-order valence-electron chi connectivity index (χ0n) is 18.0. The lowest BCUT2D eigenvalue weighted by molar-refractivity contribution is -0.134. The van der Waals surface area contributed by atoms with E-state index in [0.717, 1.165) is 64.7 Å². The Bertz CT molecular complexity index is 750. The van der Waals surface area contributed by atoms with E-state index in [9.17, 15) is 9.59 Å². The van der Waals surface area contributed by atoms with Crippen molar-refractivity contribution in [3.63, 3.8) is 0 Å². The SMILES string of the molecule is Cc1cccc(CNC(=O)C2CCCN(C3CCN(C(=O)C4CC4)CC3)C2)c1C. The number of amides is 2. The van der Waals surface area contributed by atoms with Crippen LogP contribution in [0.3, 0.4) is 0 Å². The highest BCUT2D eigenvalue weighted by Crippen LogP contribution is 2.32. The third-order valence-electron chi connectivity index (χ3n) is 7.21. The van der Waals surface area contributed by atoms with Gasteiger partial charge in [0.15, 0.2) is 0 Å². The van der Waals surface area contributed by atoms with Crippen LogP contribution in [0.25, 0.3) is 0 Å². The topological polar surface area (TPSA) is 52.7 Å². The number of carbonyl (C=O) groups excluding carboxylic acids is 2. The lowest BCUT2D eigenvalue weighted by Crippen LogP contribution is -2.51. The molecule has 2 saturated heterocycles. The molecule has 1 N–H and O–H groups in total. The highest BCUT2D eigenvalue weighted by atomic mass is 16.2. The second kappa shape index (κ2) is 8.86. The molecule has 3 fully saturated rings. The van der Waals surface area contributed by atoms with Gasteiger partial charge in [-0.25, -0.2) is 0 Å². The quantitative estimate of drug-likeness (QED) is 0.831. The van der Waals surface area contributed by atoms with Gasteiger partial charge in [-0.1, -0.05) is 18.2 Å². The van der Waals surface area contributed by atoms with Crippen LogP contribution in [0.4, 0.5) is 0 Å². The van der Waals surface area contributed by atoms with Gasteiger partial charge in [0.1, 0.15) is 0 Å². The van der Waals surface area contributed by atoms with Crippen LogP contribution in [0.1, 0.15) is 55.2 Å². The van der Waals surface area contributed by atoms with Crippen LogP contribution in [0, 0.1) is 25.7 Å². The molecule has 0 spiro atoms. The summed E-state index contributed by atoms with van der Waals surface area (Å²) < 4.78 is 0. The number of likely N-dealkylation sites (tertiary alicyclic amines) is 2. The molecule has 1 aliphatic carbocycles. The molecule has 0 bridgehead atoms. The van der Waals surface area contributed by atoms with E-state index in [1.54, 1.807) is 0 Å². The molecule has 1 saturated carbocycles. The van der Waals surface area contributed by atoms with Crippen LogP contribution in [0.5, 0.6) is 0 Å². The van der Waals surface area contributed by atoms with E-state index in [2.05, 4.69) is 47.2 Å². The number of benzene rings is 1. The minimum absolute atomic E-state index is 0.0833. The summed E-state index contributed by atoms with van der Waals surface area (Å²) in [6, 6.07) is 6.80. The minimum Gasteiger partial charge on any atom is -0.352 e. The first-order chi connectivity index (χ1) is 14.0. The van der Waals surface area contributed by atoms with Crippen LogP contribution >= 0.6 is 0 Å². The van der Waals surface area contributed by atoms with Gasteiger partial charge in [0.05, 0.1) is 5.92 Å². The van der Waals surface area contributed by atoms with Crippen LogP contribution in [-0.4, -0.2) is 53.8 Å². The van der Waals surface area contributed by atoms with Gasteiger partial charge >= 0.3 is 0 Å². The lowest BCUT2D eigenvalue weighted by atomic mass is 9.93. The summed E-state index contributed by atoms with van der Waals surface area (Å²) in [5, 5.41) is 3.18. The molecule has 3 aliphatic rings. The van der Waals surface area contributed by atoms with Gasteiger partial charge in [-0.2, -0.15) is 0 Å². The standard InChI is InChI=1S/C24H35N3O2/c1-17-5-3-6-20(18(17)2)15-25-23(28)21-7-4-12-27(16-21)22-10-13-26(14-11-22)24(29)19-8-9-19/h3,5-6,19,21-22H,4,7-16H2,1-2H3,(H,25,28). The zero-order valence-corrected chi connectivity index (χ0v) is 18.0. The summed E-state index contributed by atoms with van der Waals surface area (Å²) in [5.41, 5.74) is 3.75. The fourth-order valence-corrected chi connectivity index (χ4v) is 4.92. The van der Waals surface area contributed by atoms with Crippen molar-refractivity contribution in [2.45, 2.75) is 65.0 Å². The smallest absolute Gasteiger partial charge is 0.225 e. The number of hydrogen-bond acceptors (Lipinski definition) is 3. The molecule has 2 amide bonds. The normalized spacial score (nSPS) is 23.8. The molecule has 158 valence electrons. The summed E-state index contributed by atoms with van der Waals surface area (Å²) in [5.74, 6) is 0.981. The molecule has 5 nitrogen and oxygen atoms in total. The predicted molar refractivity (Wildman–Crippen MR) is 114 cm³/mol. The van der Waals surface area contributed by atoms with E-state index in [1.807, 2.05) is 0 Å². The lowest BCUT2D eigenvalue weighted by Gasteiger charge is -2.42. The Morgan fingerprint density at radius 1 is 1.00 bits per heavy atom. The molecule has 1 unspecified atom stereocenters. The molecule has 0 radical (unpaired) electrons. The number of rotatable bonds is 5. The van der Waals surface area contributed by atoms with E-state index in [1.165, 1.54) is 16.7 Å². The molecule has 2 aliphatic heterocycles. The van der Waals surface area contributed by atoms with Crippen LogP contribution in [-0.2, 0) is 16.1 Å². The van der Waals surface area contributed by atoms with E-state index < -0.39 is 0 Å². The fourth-order valence-electron chi connectivity index (χ4n) is 4.92. The number of aryl methyl sites for hydroxylation is 1. The third-order valence-corrected chi connectivity index (χ3v) is 7.21. The highest BCUT2D eigenvalue weighted by Gasteiger charge is 2.37. The number of piperidine rings is 2. The maximum Gasteiger partial charge on any atom is 0.225 e. The highest BCUT2D eigenvalue weighted by molar-refractivity contribution is 5.81. The molecular weight excluding hydrogens is 362 g/mol. The van der Waals surface area contributed by atoms with Crippen LogP contribution in [0.15, 0.2) is 18.2 Å². The molecule has 4 rings (SSSR count). The Hall–Kier alpha value is -1.88. The van der Waals surface area contributed by atoms with Crippen molar-refractivity contribution < 1.29 is 9.59 Å². The molecule has 29 heavy (non-hydrogen) atoms. The first-order valence-electron chi connectivity index (χ1n) is 11.4. The second-order valence-electron chi connectivity index (χ2n) is 9.24. The van der Waals surface area contributed by atoms with Gasteiger partial charge in [-0.15, -0.1) is 0 Å². The van der Waals surface area contributed by atoms with E-state index in [4.69, 9.17) is 0 Å². The monoisotopic (exact) mass is 397 g/mol. The first kappa shape index (κ1) is 20.4. The van der Waals surface area contributed by atoms with Crippen molar-refractivity contribution in [2.75, 3.05) is 26.2 Å².